The molecular weight excluding hydrogens is 356 g/mol. The topological polar surface area (TPSA) is 115 Å². The number of aliphatic hydroxyl groups is 2. The highest BCUT2D eigenvalue weighted by Crippen LogP contribution is 2.34. The van der Waals surface area contributed by atoms with Gasteiger partial charge in [0.15, 0.2) is 29.1 Å². The first-order valence-corrected chi connectivity index (χ1v) is 8.04. The lowest BCUT2D eigenvalue weighted by Gasteiger charge is -2.24. The van der Waals surface area contributed by atoms with Gasteiger partial charge in [0.1, 0.15) is 6.10 Å². The highest BCUT2D eigenvalue weighted by molar-refractivity contribution is 5.90. The SMILES string of the molecule is COC(=O)c1ccc(O[C@@H](CO)[C@H](O)c2ccc(O)c(OC)c2)c(OC)c1. The predicted octanol–water partition coefficient (Wildman–Crippen LogP) is 1.67. The lowest BCUT2D eigenvalue weighted by atomic mass is 10.0. The molecule has 0 amide bonds. The molecule has 0 saturated heterocycles. The van der Waals surface area contributed by atoms with Crippen molar-refractivity contribution in [2.24, 2.45) is 0 Å². The van der Waals surface area contributed by atoms with E-state index in [1.54, 1.807) is 0 Å². The molecule has 0 unspecified atom stereocenters. The van der Waals surface area contributed by atoms with Crippen LogP contribution in [0.15, 0.2) is 36.4 Å². The molecule has 0 radical (unpaired) electrons. The molecule has 2 aromatic rings. The van der Waals surface area contributed by atoms with E-state index in [4.69, 9.17) is 14.2 Å². The zero-order valence-electron chi connectivity index (χ0n) is 15.2. The summed E-state index contributed by atoms with van der Waals surface area (Å²) in [5, 5.41) is 29.9. The number of benzene rings is 2. The van der Waals surface area contributed by atoms with E-state index in [-0.39, 0.29) is 28.6 Å². The molecule has 146 valence electrons. The van der Waals surface area contributed by atoms with Gasteiger partial charge in [-0.15, -0.1) is 0 Å². The third kappa shape index (κ3) is 4.60. The molecule has 0 aliphatic carbocycles. The van der Waals surface area contributed by atoms with Gasteiger partial charge in [-0.25, -0.2) is 4.79 Å². The molecule has 0 aromatic heterocycles. The largest absolute Gasteiger partial charge is 0.504 e. The van der Waals surface area contributed by atoms with Gasteiger partial charge in [-0.1, -0.05) is 6.07 Å². The van der Waals surface area contributed by atoms with Crippen LogP contribution in [0.25, 0.3) is 0 Å². The van der Waals surface area contributed by atoms with Crippen molar-refractivity contribution in [2.45, 2.75) is 12.2 Å². The van der Waals surface area contributed by atoms with Gasteiger partial charge in [-0.3, -0.25) is 0 Å². The molecule has 2 rings (SSSR count). The van der Waals surface area contributed by atoms with E-state index in [1.807, 2.05) is 0 Å². The molecule has 0 aliphatic heterocycles. The summed E-state index contributed by atoms with van der Waals surface area (Å²) >= 11 is 0. The smallest absolute Gasteiger partial charge is 0.337 e. The van der Waals surface area contributed by atoms with Crippen LogP contribution in [0.2, 0.25) is 0 Å². The second-order valence-corrected chi connectivity index (χ2v) is 5.57. The standard InChI is InChI=1S/C19H22O8/c1-24-15-8-11(4-6-13(15)21)18(22)17(10-20)27-14-7-5-12(19(23)26-3)9-16(14)25-2/h4-9,17-18,20-22H,10H2,1-3H3/t17-,18+/m0/s1. The zero-order chi connectivity index (χ0) is 20.0. The number of methoxy groups -OCH3 is 3. The molecule has 3 N–H and O–H groups in total. The van der Waals surface area contributed by atoms with Gasteiger partial charge in [0.25, 0.3) is 0 Å². The Hall–Kier alpha value is -2.97. The number of rotatable bonds is 8. The first-order chi connectivity index (χ1) is 12.9. The highest BCUT2D eigenvalue weighted by Gasteiger charge is 2.25. The Morgan fingerprint density at radius 3 is 2.30 bits per heavy atom. The maximum absolute atomic E-state index is 11.6. The zero-order valence-corrected chi connectivity index (χ0v) is 15.2. The van der Waals surface area contributed by atoms with Crippen molar-refractivity contribution in [2.75, 3.05) is 27.9 Å². The minimum atomic E-state index is -1.21. The number of aromatic hydroxyl groups is 1. The van der Waals surface area contributed by atoms with Crippen molar-refractivity contribution in [1.29, 1.82) is 0 Å². The summed E-state index contributed by atoms with van der Waals surface area (Å²) in [4.78, 5) is 11.6. The van der Waals surface area contributed by atoms with Crippen molar-refractivity contribution >= 4 is 5.97 Å². The fourth-order valence-electron chi connectivity index (χ4n) is 2.47. The van der Waals surface area contributed by atoms with Crippen LogP contribution < -0.4 is 14.2 Å². The fraction of sp³-hybridized carbons (Fsp3) is 0.316. The third-order valence-electron chi connectivity index (χ3n) is 3.94. The molecular formula is C19H22O8. The lowest BCUT2D eigenvalue weighted by Crippen LogP contribution is -2.29. The van der Waals surface area contributed by atoms with Crippen molar-refractivity contribution < 1.29 is 39.1 Å². The highest BCUT2D eigenvalue weighted by atomic mass is 16.5. The Morgan fingerprint density at radius 1 is 1.00 bits per heavy atom. The number of aliphatic hydroxyl groups excluding tert-OH is 2. The van der Waals surface area contributed by atoms with Gasteiger partial charge in [0, 0.05) is 0 Å². The molecule has 8 nitrogen and oxygen atoms in total. The van der Waals surface area contributed by atoms with Gasteiger partial charge in [0.2, 0.25) is 0 Å². The number of hydrogen-bond acceptors (Lipinski definition) is 8. The Balaban J connectivity index is 2.27. The van der Waals surface area contributed by atoms with E-state index in [1.165, 1.54) is 57.7 Å². The summed E-state index contributed by atoms with van der Waals surface area (Å²) in [6, 6.07) is 8.71. The van der Waals surface area contributed by atoms with Crippen molar-refractivity contribution in [3.63, 3.8) is 0 Å². The number of esters is 1. The Kier molecular flexibility index (Phi) is 6.86. The second kappa shape index (κ2) is 9.11. The average molecular weight is 378 g/mol. The van der Waals surface area contributed by atoms with Crippen molar-refractivity contribution in [3.05, 3.63) is 47.5 Å². The minimum Gasteiger partial charge on any atom is -0.504 e. The van der Waals surface area contributed by atoms with Crippen LogP contribution in [0.5, 0.6) is 23.0 Å². The number of phenolic OH excluding ortho intramolecular Hbond substituents is 1. The van der Waals surface area contributed by atoms with Crippen LogP contribution in [-0.4, -0.2) is 55.3 Å². The molecule has 0 aliphatic rings. The maximum atomic E-state index is 11.6. The van der Waals surface area contributed by atoms with E-state index >= 15 is 0 Å². The van der Waals surface area contributed by atoms with E-state index in [2.05, 4.69) is 4.74 Å². The minimum absolute atomic E-state index is 0.0741. The second-order valence-electron chi connectivity index (χ2n) is 5.57. The first-order valence-electron chi connectivity index (χ1n) is 8.04. The van der Waals surface area contributed by atoms with E-state index < -0.39 is 24.8 Å². The molecule has 2 atom stereocenters. The molecule has 0 bridgehead atoms. The van der Waals surface area contributed by atoms with Crippen LogP contribution >= 0.6 is 0 Å². The Bertz CT molecular complexity index is 789. The molecule has 2 aromatic carbocycles. The number of carbonyl (C=O) groups excluding carboxylic acids is 1. The number of carbonyl (C=O) groups is 1. The van der Waals surface area contributed by atoms with E-state index in [0.717, 1.165) is 0 Å². The molecule has 0 saturated carbocycles. The van der Waals surface area contributed by atoms with Crippen LogP contribution in [0.1, 0.15) is 22.0 Å². The van der Waals surface area contributed by atoms with E-state index in [9.17, 15) is 20.1 Å². The lowest BCUT2D eigenvalue weighted by molar-refractivity contribution is -0.000544. The summed E-state index contributed by atoms with van der Waals surface area (Å²) in [5.41, 5.74) is 0.653. The number of hydrogen-bond donors (Lipinski definition) is 3. The van der Waals surface area contributed by atoms with Crippen LogP contribution in [0.4, 0.5) is 0 Å². The summed E-state index contributed by atoms with van der Waals surface area (Å²) in [6.45, 7) is -0.494. The Morgan fingerprint density at radius 2 is 1.70 bits per heavy atom. The number of phenols is 1. The Labute approximate surface area is 156 Å². The summed E-state index contributed by atoms with van der Waals surface area (Å²) in [5.74, 6) is 0.0499. The van der Waals surface area contributed by atoms with E-state index in [0.29, 0.717) is 5.56 Å². The third-order valence-corrected chi connectivity index (χ3v) is 3.94. The van der Waals surface area contributed by atoms with Gasteiger partial charge in [-0.05, 0) is 35.9 Å². The summed E-state index contributed by atoms with van der Waals surface area (Å²) in [7, 11) is 4.06. The quantitative estimate of drug-likeness (QED) is 0.594. The van der Waals surface area contributed by atoms with Crippen molar-refractivity contribution in [3.8, 4) is 23.0 Å². The molecule has 0 fully saturated rings. The van der Waals surface area contributed by atoms with Crippen LogP contribution in [0, 0.1) is 0 Å². The molecule has 0 spiro atoms. The monoisotopic (exact) mass is 378 g/mol. The molecule has 8 heteroatoms. The van der Waals surface area contributed by atoms with Crippen LogP contribution in [-0.2, 0) is 4.74 Å². The fourth-order valence-corrected chi connectivity index (χ4v) is 2.47. The summed E-state index contributed by atoms with van der Waals surface area (Å²) < 4.78 is 20.6. The first kappa shape index (κ1) is 20.3. The number of ether oxygens (including phenoxy) is 4. The molecule has 0 heterocycles. The van der Waals surface area contributed by atoms with Gasteiger partial charge in [-0.2, -0.15) is 0 Å². The van der Waals surface area contributed by atoms with Gasteiger partial charge in [0.05, 0.1) is 33.5 Å². The van der Waals surface area contributed by atoms with Crippen molar-refractivity contribution in [1.82, 2.24) is 0 Å². The maximum Gasteiger partial charge on any atom is 0.337 e. The van der Waals surface area contributed by atoms with Crippen LogP contribution in [0.3, 0.4) is 0 Å². The van der Waals surface area contributed by atoms with Gasteiger partial charge >= 0.3 is 5.97 Å². The predicted molar refractivity (Wildman–Crippen MR) is 95.5 cm³/mol. The van der Waals surface area contributed by atoms with Gasteiger partial charge < -0.3 is 34.3 Å². The summed E-state index contributed by atoms with van der Waals surface area (Å²) in [6.07, 6.45) is -2.24. The molecule has 27 heavy (non-hydrogen) atoms. The normalized spacial score (nSPS) is 12.8. The average Bonchev–Trinajstić information content (AvgIpc) is 2.71.